The van der Waals surface area contributed by atoms with E-state index in [0.29, 0.717) is 33.8 Å². The van der Waals surface area contributed by atoms with E-state index < -0.39 is 13.5 Å². The van der Waals surface area contributed by atoms with Crippen LogP contribution in [-0.2, 0) is 5.41 Å². The molecule has 6 aromatic carbocycles. The van der Waals surface area contributed by atoms with Crippen LogP contribution < -0.4 is 5.19 Å². The van der Waals surface area contributed by atoms with Crippen molar-refractivity contribution < 1.29 is 0 Å². The monoisotopic (exact) mass is 749 g/mol. The normalized spacial score (nSPS) is 12.4. The zero-order valence-electron chi connectivity index (χ0n) is 32.2. The van der Waals surface area contributed by atoms with Crippen LogP contribution in [0.4, 0.5) is 11.4 Å². The topological polar surface area (TPSA) is 95.0 Å². The summed E-state index contributed by atoms with van der Waals surface area (Å²) < 4.78 is 0. The molecule has 0 unspecified atom stereocenters. The van der Waals surface area contributed by atoms with Crippen molar-refractivity contribution in [2.75, 3.05) is 0 Å². The Kier molecular flexibility index (Phi) is 8.94. The second kappa shape index (κ2) is 14.0. The second-order valence-electron chi connectivity index (χ2n) is 15.7. The van der Waals surface area contributed by atoms with Crippen LogP contribution in [0.2, 0.25) is 19.6 Å². The van der Waals surface area contributed by atoms with Crippen molar-refractivity contribution in [1.29, 1.82) is 10.5 Å². The fourth-order valence-corrected chi connectivity index (χ4v) is 9.89. The fourth-order valence-electron chi connectivity index (χ4n) is 8.04. The van der Waals surface area contributed by atoms with Gasteiger partial charge in [-0.05, 0) is 61.8 Å². The zero-order chi connectivity index (χ0) is 40.1. The summed E-state index contributed by atoms with van der Waals surface area (Å²) in [5.74, 6) is 1.79. The highest BCUT2D eigenvalue weighted by molar-refractivity contribution is 6.89. The molecule has 0 atom stereocenters. The van der Waals surface area contributed by atoms with Crippen LogP contribution in [0, 0.1) is 35.8 Å². The molecule has 8 rings (SSSR count). The molecule has 1 aliphatic carbocycles. The first kappa shape index (κ1) is 36.5. The maximum atomic E-state index is 10.4. The van der Waals surface area contributed by atoms with Crippen LogP contribution in [-0.4, -0.2) is 23.0 Å². The number of nitrogens with zero attached hydrogens (tertiary/aromatic N) is 7. The summed E-state index contributed by atoms with van der Waals surface area (Å²) in [6.45, 7) is 26.8. The summed E-state index contributed by atoms with van der Waals surface area (Å²) in [4.78, 5) is 22.4. The molecule has 270 valence electrons. The summed E-state index contributed by atoms with van der Waals surface area (Å²) in [7, 11) is -2.30. The van der Waals surface area contributed by atoms with Gasteiger partial charge in [0.25, 0.3) is 0 Å². The van der Waals surface area contributed by atoms with Gasteiger partial charge in [0, 0.05) is 22.1 Å². The molecule has 7 nitrogen and oxygen atoms in total. The summed E-state index contributed by atoms with van der Waals surface area (Å²) >= 11 is 0. The number of hydrogen-bond acceptors (Lipinski definition) is 5. The molecule has 7 aromatic rings. The summed E-state index contributed by atoms with van der Waals surface area (Å²) in [5.41, 5.74) is 10.4. The molecule has 1 aromatic heterocycles. The summed E-state index contributed by atoms with van der Waals surface area (Å²) in [6, 6.07) is 45.2. The largest absolute Gasteiger partial charge is 0.237 e. The quantitative estimate of drug-likeness (QED) is 0.125. The van der Waals surface area contributed by atoms with E-state index >= 15 is 0 Å². The number of aromatic nitrogens is 3. The molecule has 0 fully saturated rings. The third-order valence-electron chi connectivity index (χ3n) is 10.8. The lowest BCUT2D eigenvalue weighted by atomic mass is 9.80. The lowest BCUT2D eigenvalue weighted by Gasteiger charge is -2.25. The SMILES string of the molecule is [C-]#[N+]c1c(C#N)c([Si](C)(C)C)c(C#N)c([N+]#[C-])c1-c1ccc2c(c1)C(C)(C)c1cc(-c3cccc(-c4nc(-c5ccccc5)nc(-c5ccccc5)n4)c3)ccc1-2. The molecule has 0 radical (unpaired) electrons. The lowest BCUT2D eigenvalue weighted by Crippen LogP contribution is -2.42. The summed E-state index contributed by atoms with van der Waals surface area (Å²) in [5, 5.41) is 21.3. The number of rotatable bonds is 6. The van der Waals surface area contributed by atoms with Gasteiger partial charge >= 0.3 is 0 Å². The molecule has 0 spiro atoms. The Morgan fingerprint density at radius 2 is 0.947 bits per heavy atom. The van der Waals surface area contributed by atoms with Gasteiger partial charge in [-0.15, -0.1) is 0 Å². The number of benzene rings is 6. The molecule has 0 saturated carbocycles. The Bertz CT molecular complexity index is 2840. The Balaban J connectivity index is 1.22. The molecule has 0 N–H and O–H groups in total. The van der Waals surface area contributed by atoms with Crippen molar-refractivity contribution >= 4 is 24.6 Å². The van der Waals surface area contributed by atoms with Crippen LogP contribution in [0.25, 0.3) is 77.2 Å². The van der Waals surface area contributed by atoms with Crippen molar-refractivity contribution in [3.8, 4) is 79.7 Å². The standard InChI is InChI=1S/C49H35N7Si/c1-49(2)40-26-33(32-19-14-20-35(25-32)48-55-46(30-15-10-8-11-16-30)54-47(56-48)31-17-12-9-13-18-31)21-23-36(40)37-24-22-34(27-41(37)49)42-43(52-3)38(28-50)45(57(5,6)7)39(29-51)44(42)53-4/h8-27H,1-2,5-7H3. The Morgan fingerprint density at radius 3 is 1.42 bits per heavy atom. The van der Waals surface area contributed by atoms with Gasteiger partial charge in [0.05, 0.1) is 44.5 Å². The first-order valence-corrected chi connectivity index (χ1v) is 22.1. The zero-order valence-corrected chi connectivity index (χ0v) is 33.2. The van der Waals surface area contributed by atoms with E-state index in [2.05, 4.69) is 66.0 Å². The average Bonchev–Trinajstić information content (AvgIpc) is 3.47. The van der Waals surface area contributed by atoms with Crippen LogP contribution in [0.3, 0.4) is 0 Å². The van der Waals surface area contributed by atoms with Gasteiger partial charge in [0.15, 0.2) is 17.5 Å². The minimum atomic E-state index is -2.30. The smallest absolute Gasteiger partial charge is 0.202 e. The highest BCUT2D eigenvalue weighted by Gasteiger charge is 2.37. The third kappa shape index (κ3) is 6.16. The van der Waals surface area contributed by atoms with Crippen molar-refractivity contribution in [2.24, 2.45) is 0 Å². The molecule has 0 saturated heterocycles. The van der Waals surface area contributed by atoms with Gasteiger partial charge < -0.3 is 0 Å². The van der Waals surface area contributed by atoms with Crippen molar-refractivity contribution in [1.82, 2.24) is 15.0 Å². The van der Waals surface area contributed by atoms with Crippen molar-refractivity contribution in [2.45, 2.75) is 38.9 Å². The minimum Gasteiger partial charge on any atom is -0.237 e. The second-order valence-corrected chi connectivity index (χ2v) is 20.7. The first-order valence-electron chi connectivity index (χ1n) is 18.6. The van der Waals surface area contributed by atoms with Gasteiger partial charge in [-0.2, -0.15) is 10.5 Å². The van der Waals surface area contributed by atoms with Crippen LogP contribution >= 0.6 is 0 Å². The predicted molar refractivity (Wildman–Crippen MR) is 230 cm³/mol. The number of nitriles is 2. The lowest BCUT2D eigenvalue weighted by molar-refractivity contribution is 0.661. The molecule has 1 heterocycles. The van der Waals surface area contributed by atoms with E-state index in [1.165, 1.54) is 0 Å². The van der Waals surface area contributed by atoms with E-state index in [1.54, 1.807) is 0 Å². The molecule has 1 aliphatic rings. The molecule has 57 heavy (non-hydrogen) atoms. The molecule has 0 amide bonds. The van der Waals surface area contributed by atoms with Gasteiger partial charge in [-0.1, -0.05) is 143 Å². The maximum Gasteiger partial charge on any atom is 0.202 e. The van der Waals surface area contributed by atoms with E-state index in [9.17, 15) is 10.5 Å². The highest BCUT2D eigenvalue weighted by atomic mass is 28.3. The van der Waals surface area contributed by atoms with Gasteiger partial charge in [0.1, 0.15) is 0 Å². The van der Waals surface area contributed by atoms with Crippen molar-refractivity contribution in [3.63, 3.8) is 0 Å². The predicted octanol–water partition coefficient (Wildman–Crippen LogP) is 11.9. The Hall–Kier alpha value is -7.49. The van der Waals surface area contributed by atoms with Crippen LogP contribution in [0.1, 0.15) is 36.1 Å². The first-order chi connectivity index (χ1) is 27.5. The van der Waals surface area contributed by atoms with Crippen molar-refractivity contribution in [3.05, 3.63) is 166 Å². The Labute approximate surface area is 333 Å². The van der Waals surface area contributed by atoms with E-state index in [1.807, 2.05) is 111 Å². The van der Waals surface area contributed by atoms with Gasteiger partial charge in [-0.3, -0.25) is 0 Å². The molecule has 0 aliphatic heterocycles. The third-order valence-corrected chi connectivity index (χ3v) is 12.8. The van der Waals surface area contributed by atoms with Gasteiger partial charge in [-0.25, -0.2) is 24.6 Å². The van der Waals surface area contributed by atoms with Gasteiger partial charge in [0.2, 0.25) is 11.4 Å². The highest BCUT2D eigenvalue weighted by Crippen LogP contribution is 2.52. The Morgan fingerprint density at radius 1 is 0.526 bits per heavy atom. The van der Waals surface area contributed by atoms with E-state index in [4.69, 9.17) is 28.1 Å². The maximum absolute atomic E-state index is 10.4. The van der Waals surface area contributed by atoms with E-state index in [-0.39, 0.29) is 22.5 Å². The minimum absolute atomic E-state index is 0.139. The number of fused-ring (bicyclic) bond motifs is 3. The van der Waals surface area contributed by atoms with Crippen LogP contribution in [0.15, 0.2) is 121 Å². The molecule has 8 heteroatoms. The molecular formula is C49H35N7Si. The fraction of sp³-hybridized carbons (Fsp3) is 0.122. The molecule has 0 bridgehead atoms. The average molecular weight is 750 g/mol. The van der Waals surface area contributed by atoms with E-state index in [0.717, 1.165) is 50.1 Å². The summed E-state index contributed by atoms with van der Waals surface area (Å²) in [6.07, 6.45) is 0. The number of hydrogen-bond donors (Lipinski definition) is 0. The van der Waals surface area contributed by atoms with Crippen LogP contribution in [0.5, 0.6) is 0 Å². The molecular weight excluding hydrogens is 715 g/mol.